The molecule has 6 heteroatoms. The summed E-state index contributed by atoms with van der Waals surface area (Å²) < 4.78 is 2.99. The molecule has 19 heavy (non-hydrogen) atoms. The molecule has 0 bridgehead atoms. The highest BCUT2D eigenvalue weighted by Crippen LogP contribution is 2.31. The largest absolute Gasteiger partial charge is 0.326 e. The van der Waals surface area contributed by atoms with Crippen molar-refractivity contribution in [2.24, 2.45) is 5.73 Å². The van der Waals surface area contributed by atoms with Crippen molar-refractivity contribution in [3.8, 4) is 0 Å². The molecule has 3 aromatic rings. The van der Waals surface area contributed by atoms with E-state index in [9.17, 15) is 0 Å². The lowest BCUT2D eigenvalue weighted by atomic mass is 10.2. The lowest BCUT2D eigenvalue weighted by Gasteiger charge is -2.06. The van der Waals surface area contributed by atoms with Gasteiger partial charge in [0.05, 0.1) is 0 Å². The summed E-state index contributed by atoms with van der Waals surface area (Å²) >= 11 is 5.05. The first-order valence-electron chi connectivity index (χ1n) is 5.74. The molecule has 0 aliphatic carbocycles. The van der Waals surface area contributed by atoms with Gasteiger partial charge in [-0.05, 0) is 41.6 Å². The van der Waals surface area contributed by atoms with Crippen LogP contribution in [0.25, 0.3) is 5.65 Å². The van der Waals surface area contributed by atoms with Crippen molar-refractivity contribution >= 4 is 33.3 Å². The smallest absolute Gasteiger partial charge is 0.200 e. The van der Waals surface area contributed by atoms with Crippen LogP contribution in [0, 0.1) is 0 Å². The number of nitrogens with zero attached hydrogens (tertiary/aromatic N) is 3. The van der Waals surface area contributed by atoms with Gasteiger partial charge in [0.2, 0.25) is 0 Å². The zero-order chi connectivity index (χ0) is 13.2. The molecule has 0 fully saturated rings. The number of rotatable bonds is 3. The summed E-state index contributed by atoms with van der Waals surface area (Å²) in [6.45, 7) is 0.506. The lowest BCUT2D eigenvalue weighted by Crippen LogP contribution is -1.98. The topological polar surface area (TPSA) is 56.2 Å². The molecule has 0 aliphatic rings. The molecule has 0 amide bonds. The van der Waals surface area contributed by atoms with Crippen LogP contribution < -0.4 is 5.73 Å². The van der Waals surface area contributed by atoms with Crippen molar-refractivity contribution < 1.29 is 0 Å². The molecule has 0 unspecified atom stereocenters. The SMILES string of the molecule is NCc1ccc(Br)cc1Sc1nnc2ccccn12. The maximum Gasteiger partial charge on any atom is 0.200 e. The lowest BCUT2D eigenvalue weighted by molar-refractivity contribution is 0.918. The van der Waals surface area contributed by atoms with Crippen molar-refractivity contribution in [2.45, 2.75) is 16.6 Å². The van der Waals surface area contributed by atoms with Crippen LogP contribution in [0.4, 0.5) is 0 Å². The van der Waals surface area contributed by atoms with Gasteiger partial charge in [-0.1, -0.05) is 28.1 Å². The number of fused-ring (bicyclic) bond motifs is 1. The molecule has 0 atom stereocenters. The average Bonchev–Trinajstić information content (AvgIpc) is 2.83. The molecule has 0 spiro atoms. The molecule has 4 nitrogen and oxygen atoms in total. The van der Waals surface area contributed by atoms with Gasteiger partial charge >= 0.3 is 0 Å². The van der Waals surface area contributed by atoms with Gasteiger partial charge in [-0.2, -0.15) is 0 Å². The van der Waals surface area contributed by atoms with Crippen LogP contribution in [0.15, 0.2) is 57.1 Å². The molecule has 0 saturated heterocycles. The Labute approximate surface area is 123 Å². The number of nitrogens with two attached hydrogens (primary N) is 1. The summed E-state index contributed by atoms with van der Waals surface area (Å²) in [5.41, 5.74) is 7.71. The van der Waals surface area contributed by atoms with Gasteiger partial charge < -0.3 is 5.73 Å². The fourth-order valence-corrected chi connectivity index (χ4v) is 3.29. The molecule has 3 rings (SSSR count). The molecule has 1 aromatic carbocycles. The van der Waals surface area contributed by atoms with Crippen molar-refractivity contribution in [1.29, 1.82) is 0 Å². The minimum atomic E-state index is 0.506. The van der Waals surface area contributed by atoms with E-state index in [4.69, 9.17) is 5.73 Å². The van der Waals surface area contributed by atoms with Crippen LogP contribution in [0.1, 0.15) is 5.56 Å². The Morgan fingerprint density at radius 2 is 2.11 bits per heavy atom. The van der Waals surface area contributed by atoms with Crippen LogP contribution in [-0.2, 0) is 6.54 Å². The quantitative estimate of drug-likeness (QED) is 0.799. The third-order valence-corrected chi connectivity index (χ3v) is 4.29. The molecular weight excluding hydrogens is 324 g/mol. The van der Waals surface area contributed by atoms with Crippen molar-refractivity contribution in [2.75, 3.05) is 0 Å². The molecule has 0 aliphatic heterocycles. The zero-order valence-corrected chi connectivity index (χ0v) is 12.4. The van der Waals surface area contributed by atoms with Crippen LogP contribution in [0.3, 0.4) is 0 Å². The van der Waals surface area contributed by atoms with E-state index in [1.165, 1.54) is 0 Å². The van der Waals surface area contributed by atoms with Gasteiger partial charge in [0, 0.05) is 22.1 Å². The second kappa shape index (κ2) is 5.32. The first-order chi connectivity index (χ1) is 9.28. The summed E-state index contributed by atoms with van der Waals surface area (Å²) in [7, 11) is 0. The van der Waals surface area contributed by atoms with Gasteiger partial charge in [0.1, 0.15) is 0 Å². The predicted molar refractivity (Wildman–Crippen MR) is 79.1 cm³/mol. The fourth-order valence-electron chi connectivity index (χ4n) is 1.78. The van der Waals surface area contributed by atoms with Crippen LogP contribution >= 0.6 is 27.7 Å². The van der Waals surface area contributed by atoms with Crippen LogP contribution in [0.2, 0.25) is 0 Å². The van der Waals surface area contributed by atoms with E-state index in [-0.39, 0.29) is 0 Å². The minimum Gasteiger partial charge on any atom is -0.326 e. The second-order valence-electron chi connectivity index (χ2n) is 3.97. The number of hydrogen-bond donors (Lipinski definition) is 1. The average molecular weight is 335 g/mol. The van der Waals surface area contributed by atoms with Crippen molar-refractivity contribution in [3.63, 3.8) is 0 Å². The Kier molecular flexibility index (Phi) is 3.54. The Morgan fingerprint density at radius 1 is 1.21 bits per heavy atom. The third-order valence-electron chi connectivity index (χ3n) is 2.73. The van der Waals surface area contributed by atoms with E-state index in [2.05, 4.69) is 32.2 Å². The van der Waals surface area contributed by atoms with Crippen molar-refractivity contribution in [1.82, 2.24) is 14.6 Å². The van der Waals surface area contributed by atoms with E-state index < -0.39 is 0 Å². The highest BCUT2D eigenvalue weighted by molar-refractivity contribution is 9.10. The molecule has 0 radical (unpaired) electrons. The fraction of sp³-hybridized carbons (Fsp3) is 0.0769. The normalized spacial score (nSPS) is 11.1. The summed E-state index contributed by atoms with van der Waals surface area (Å²) in [6.07, 6.45) is 1.96. The van der Waals surface area contributed by atoms with Gasteiger partial charge in [-0.25, -0.2) is 0 Å². The first-order valence-corrected chi connectivity index (χ1v) is 7.35. The number of pyridine rings is 1. The number of halogens is 1. The summed E-state index contributed by atoms with van der Waals surface area (Å²) in [5.74, 6) is 0. The number of aromatic nitrogens is 3. The Hall–Kier alpha value is -1.37. The monoisotopic (exact) mass is 334 g/mol. The maximum absolute atomic E-state index is 5.77. The van der Waals surface area contributed by atoms with E-state index in [0.717, 1.165) is 25.7 Å². The highest BCUT2D eigenvalue weighted by Gasteiger charge is 2.10. The molecule has 2 aromatic heterocycles. The van der Waals surface area contributed by atoms with E-state index in [0.29, 0.717) is 6.54 Å². The molecule has 2 heterocycles. The van der Waals surface area contributed by atoms with Crippen LogP contribution in [-0.4, -0.2) is 14.6 Å². The van der Waals surface area contributed by atoms with Gasteiger partial charge in [-0.15, -0.1) is 10.2 Å². The maximum atomic E-state index is 5.77. The molecule has 2 N–H and O–H groups in total. The summed E-state index contributed by atoms with van der Waals surface area (Å²) in [4.78, 5) is 1.09. The standard InChI is InChI=1S/C13H11BrN4S/c14-10-5-4-9(8-15)11(7-10)19-13-17-16-12-3-1-2-6-18(12)13/h1-7H,8,15H2. The van der Waals surface area contributed by atoms with Crippen LogP contribution in [0.5, 0.6) is 0 Å². The van der Waals surface area contributed by atoms with E-state index in [1.54, 1.807) is 11.8 Å². The van der Waals surface area contributed by atoms with Crippen molar-refractivity contribution in [3.05, 3.63) is 52.6 Å². The van der Waals surface area contributed by atoms with E-state index in [1.807, 2.05) is 40.9 Å². The first kappa shape index (κ1) is 12.7. The third kappa shape index (κ3) is 2.51. The molecular formula is C13H11BrN4S. The number of benzene rings is 1. The summed E-state index contributed by atoms with van der Waals surface area (Å²) in [5, 5.41) is 9.19. The second-order valence-corrected chi connectivity index (χ2v) is 5.89. The van der Waals surface area contributed by atoms with Gasteiger partial charge in [0.15, 0.2) is 10.8 Å². The van der Waals surface area contributed by atoms with Gasteiger partial charge in [0.25, 0.3) is 0 Å². The molecule has 0 saturated carbocycles. The Balaban J connectivity index is 2.03. The van der Waals surface area contributed by atoms with Gasteiger partial charge in [-0.3, -0.25) is 4.40 Å². The zero-order valence-electron chi connectivity index (χ0n) is 9.95. The highest BCUT2D eigenvalue weighted by atomic mass is 79.9. The summed E-state index contributed by atoms with van der Waals surface area (Å²) in [6, 6.07) is 11.9. The Morgan fingerprint density at radius 3 is 2.95 bits per heavy atom. The minimum absolute atomic E-state index is 0.506. The number of hydrogen-bond acceptors (Lipinski definition) is 4. The Bertz CT molecular complexity index is 725. The predicted octanol–water partition coefficient (Wildman–Crippen LogP) is 3.10. The van der Waals surface area contributed by atoms with E-state index >= 15 is 0 Å². The molecule has 96 valence electrons.